The van der Waals surface area contributed by atoms with Crippen molar-refractivity contribution in [1.29, 1.82) is 0 Å². The highest BCUT2D eigenvalue weighted by atomic mass is 32.2. The summed E-state index contributed by atoms with van der Waals surface area (Å²) in [6.07, 6.45) is -2.22. The van der Waals surface area contributed by atoms with Crippen LogP contribution < -0.4 is 0 Å². The molecule has 22 heavy (non-hydrogen) atoms. The number of hydrogen-bond donors (Lipinski definition) is 3. The van der Waals surface area contributed by atoms with Crippen LogP contribution in [-0.4, -0.2) is 44.0 Å². The number of hydrogen-bond acceptors (Lipinski definition) is 7. The minimum Gasteiger partial charge on any atom is -0.481 e. The summed E-state index contributed by atoms with van der Waals surface area (Å²) in [6.45, 7) is 1.43. The molecule has 0 radical (unpaired) electrons. The second-order valence-corrected chi connectivity index (χ2v) is 7.05. The van der Waals surface area contributed by atoms with Gasteiger partial charge in [-0.1, -0.05) is 11.8 Å². The quantitative estimate of drug-likeness (QED) is 0.585. The number of aliphatic hydroxyl groups is 2. The van der Waals surface area contributed by atoms with Gasteiger partial charge in [-0.25, -0.2) is 0 Å². The van der Waals surface area contributed by atoms with Crippen LogP contribution in [0.5, 0.6) is 0 Å². The van der Waals surface area contributed by atoms with Crippen LogP contribution in [0.2, 0.25) is 0 Å². The molecule has 0 bridgehead atoms. The first-order valence-electron chi connectivity index (χ1n) is 6.65. The number of carbonyl (C=O) groups excluding carboxylic acids is 2. The maximum absolute atomic E-state index is 11.8. The number of thiophene rings is 1. The molecular weight excluding hydrogens is 328 g/mol. The molecule has 1 aromatic heterocycles. The van der Waals surface area contributed by atoms with Gasteiger partial charge in [0.25, 0.3) is 0 Å². The zero-order valence-electron chi connectivity index (χ0n) is 12.0. The van der Waals surface area contributed by atoms with Crippen LogP contribution in [0.15, 0.2) is 12.1 Å². The summed E-state index contributed by atoms with van der Waals surface area (Å²) >= 11 is 2.12. The molecule has 2 atom stereocenters. The fourth-order valence-electron chi connectivity index (χ4n) is 1.68. The SMILES string of the molecule is CC(=O)SCCC(O)C(O)c1ccc(C(=O)CCC(=O)O)s1. The average molecular weight is 346 g/mol. The molecule has 2 unspecified atom stereocenters. The van der Waals surface area contributed by atoms with Crippen molar-refractivity contribution in [1.82, 2.24) is 0 Å². The Hall–Kier alpha value is -1.22. The van der Waals surface area contributed by atoms with Gasteiger partial charge in [-0.2, -0.15) is 0 Å². The molecule has 3 N–H and O–H groups in total. The largest absolute Gasteiger partial charge is 0.481 e. The molecule has 0 saturated heterocycles. The van der Waals surface area contributed by atoms with Crippen LogP contribution in [-0.2, 0) is 9.59 Å². The Bertz CT molecular complexity index is 539. The van der Waals surface area contributed by atoms with E-state index in [0.717, 1.165) is 23.1 Å². The second-order valence-electron chi connectivity index (χ2n) is 4.66. The van der Waals surface area contributed by atoms with Gasteiger partial charge in [0.15, 0.2) is 10.9 Å². The highest BCUT2D eigenvalue weighted by Crippen LogP contribution is 2.28. The summed E-state index contributed by atoms with van der Waals surface area (Å²) in [5.74, 6) is -0.931. The van der Waals surface area contributed by atoms with Crippen molar-refractivity contribution in [3.05, 3.63) is 21.9 Å². The minimum atomic E-state index is -1.13. The lowest BCUT2D eigenvalue weighted by molar-refractivity contribution is -0.136. The number of aliphatic hydroxyl groups excluding tert-OH is 2. The molecule has 8 heteroatoms. The van der Waals surface area contributed by atoms with Crippen molar-refractivity contribution in [2.24, 2.45) is 0 Å². The number of carboxylic acids is 1. The Morgan fingerprint density at radius 3 is 2.50 bits per heavy atom. The lowest BCUT2D eigenvalue weighted by Gasteiger charge is -2.15. The molecule has 6 nitrogen and oxygen atoms in total. The second kappa shape index (κ2) is 9.04. The fraction of sp³-hybridized carbons (Fsp3) is 0.500. The number of rotatable bonds is 9. The van der Waals surface area contributed by atoms with Crippen molar-refractivity contribution in [2.45, 2.75) is 38.4 Å². The van der Waals surface area contributed by atoms with Gasteiger partial charge in [0.1, 0.15) is 6.10 Å². The number of carboxylic acid groups (broad SMARTS) is 1. The minimum absolute atomic E-state index is 0.0517. The lowest BCUT2D eigenvalue weighted by Crippen LogP contribution is -2.18. The van der Waals surface area contributed by atoms with Gasteiger partial charge in [0, 0.05) is 24.0 Å². The smallest absolute Gasteiger partial charge is 0.303 e. The third kappa shape index (κ3) is 6.27. The highest BCUT2D eigenvalue weighted by Gasteiger charge is 2.21. The molecule has 0 aliphatic rings. The number of aliphatic carboxylic acids is 1. The number of ketones is 1. The van der Waals surface area contributed by atoms with Crippen LogP contribution in [0, 0.1) is 0 Å². The summed E-state index contributed by atoms with van der Waals surface area (Å²) in [7, 11) is 0. The zero-order valence-corrected chi connectivity index (χ0v) is 13.7. The first kappa shape index (κ1) is 18.8. The molecule has 0 aromatic carbocycles. The van der Waals surface area contributed by atoms with Crippen molar-refractivity contribution >= 4 is 40.0 Å². The van der Waals surface area contributed by atoms with Gasteiger partial charge >= 0.3 is 5.97 Å². The van der Waals surface area contributed by atoms with Gasteiger partial charge in [-0.15, -0.1) is 11.3 Å². The van der Waals surface area contributed by atoms with Crippen LogP contribution in [0.3, 0.4) is 0 Å². The molecule has 1 rings (SSSR count). The van der Waals surface area contributed by atoms with E-state index in [4.69, 9.17) is 5.11 Å². The van der Waals surface area contributed by atoms with Crippen LogP contribution in [0.4, 0.5) is 0 Å². The van der Waals surface area contributed by atoms with Crippen molar-refractivity contribution in [2.75, 3.05) is 5.75 Å². The van der Waals surface area contributed by atoms with E-state index >= 15 is 0 Å². The average Bonchev–Trinajstić information content (AvgIpc) is 2.93. The van der Waals surface area contributed by atoms with E-state index in [1.807, 2.05) is 0 Å². The van der Waals surface area contributed by atoms with Gasteiger partial charge in [-0.05, 0) is 18.6 Å². The van der Waals surface area contributed by atoms with Crippen LogP contribution in [0.1, 0.15) is 46.8 Å². The van der Waals surface area contributed by atoms with E-state index in [0.29, 0.717) is 15.5 Å². The van der Waals surface area contributed by atoms with Gasteiger partial charge < -0.3 is 15.3 Å². The van der Waals surface area contributed by atoms with E-state index in [1.165, 1.54) is 13.0 Å². The Labute approximate surface area is 136 Å². The van der Waals surface area contributed by atoms with Gasteiger partial charge in [0.05, 0.1) is 17.4 Å². The summed E-state index contributed by atoms with van der Waals surface area (Å²) in [5.41, 5.74) is 0. The Kier molecular flexibility index (Phi) is 7.74. The molecule has 0 spiro atoms. The molecule has 0 fully saturated rings. The molecule has 122 valence electrons. The number of carbonyl (C=O) groups is 3. The first-order chi connectivity index (χ1) is 10.3. The Balaban J connectivity index is 2.56. The zero-order chi connectivity index (χ0) is 16.7. The van der Waals surface area contributed by atoms with E-state index < -0.39 is 18.2 Å². The van der Waals surface area contributed by atoms with Gasteiger partial charge in [-0.3, -0.25) is 14.4 Å². The highest BCUT2D eigenvalue weighted by molar-refractivity contribution is 8.13. The summed E-state index contributed by atoms with van der Waals surface area (Å²) in [6, 6.07) is 3.06. The van der Waals surface area contributed by atoms with Crippen LogP contribution >= 0.6 is 23.1 Å². The fourth-order valence-corrected chi connectivity index (χ4v) is 3.34. The molecule has 0 amide bonds. The van der Waals surface area contributed by atoms with Crippen LogP contribution in [0.25, 0.3) is 0 Å². The van der Waals surface area contributed by atoms with Crippen molar-refractivity contribution in [3.63, 3.8) is 0 Å². The maximum atomic E-state index is 11.8. The van der Waals surface area contributed by atoms with E-state index in [1.54, 1.807) is 6.07 Å². The Morgan fingerprint density at radius 2 is 1.91 bits per heavy atom. The topological polar surface area (TPSA) is 112 Å². The predicted molar refractivity (Wildman–Crippen MR) is 84.2 cm³/mol. The molecule has 1 heterocycles. The van der Waals surface area contributed by atoms with Crippen molar-refractivity contribution in [3.8, 4) is 0 Å². The summed E-state index contributed by atoms with van der Waals surface area (Å²) < 4.78 is 0. The van der Waals surface area contributed by atoms with Crippen molar-refractivity contribution < 1.29 is 29.7 Å². The summed E-state index contributed by atoms with van der Waals surface area (Å²) in [5, 5.41) is 28.4. The number of thioether (sulfide) groups is 1. The standard InChI is InChI=1S/C14H18O6S2/c1-8(15)21-7-6-10(17)14(20)12-4-3-11(22-12)9(16)2-5-13(18)19/h3-4,10,14,17,20H,2,5-7H2,1H3,(H,18,19). The first-order valence-corrected chi connectivity index (χ1v) is 8.45. The van der Waals surface area contributed by atoms with Gasteiger partial charge in [0.2, 0.25) is 0 Å². The molecule has 0 saturated carbocycles. The molecule has 1 aromatic rings. The summed E-state index contributed by atoms with van der Waals surface area (Å²) in [4.78, 5) is 33.8. The van der Waals surface area contributed by atoms with E-state index in [-0.39, 0.29) is 30.2 Å². The monoisotopic (exact) mass is 346 g/mol. The van der Waals surface area contributed by atoms with E-state index in [2.05, 4.69) is 0 Å². The number of Topliss-reactive ketones (excluding diaryl/α,β-unsaturated/α-hetero) is 1. The lowest BCUT2D eigenvalue weighted by atomic mass is 10.1. The Morgan fingerprint density at radius 1 is 1.23 bits per heavy atom. The molecule has 0 aliphatic carbocycles. The molecule has 0 aliphatic heterocycles. The normalized spacial score (nSPS) is 13.6. The predicted octanol–water partition coefficient (Wildman–Crippen LogP) is 1.86. The van der Waals surface area contributed by atoms with E-state index in [9.17, 15) is 24.6 Å². The molecular formula is C14H18O6S2. The maximum Gasteiger partial charge on any atom is 0.303 e. The third-order valence-electron chi connectivity index (χ3n) is 2.84. The third-order valence-corrected chi connectivity index (χ3v) is 4.89.